The molecule has 1 heterocycles. The van der Waals surface area contributed by atoms with E-state index in [9.17, 15) is 18.0 Å². The third-order valence-corrected chi connectivity index (χ3v) is 2.27. The number of hydrogen-bond donors (Lipinski definition) is 3. The second-order valence-electron chi connectivity index (χ2n) is 4.20. The van der Waals surface area contributed by atoms with Gasteiger partial charge in [-0.05, 0) is 12.8 Å². The van der Waals surface area contributed by atoms with E-state index in [1.807, 2.05) is 0 Å². The van der Waals surface area contributed by atoms with Crippen LogP contribution in [0.3, 0.4) is 0 Å². The van der Waals surface area contributed by atoms with E-state index in [2.05, 4.69) is 20.4 Å². The highest BCUT2D eigenvalue weighted by atomic mass is 19.4. The molecule has 0 aliphatic carbocycles. The van der Waals surface area contributed by atoms with E-state index >= 15 is 0 Å². The van der Waals surface area contributed by atoms with Crippen molar-refractivity contribution in [3.8, 4) is 0 Å². The number of halogens is 3. The summed E-state index contributed by atoms with van der Waals surface area (Å²) in [6.45, 7) is -0.874. The molecule has 1 rings (SSSR count). The van der Waals surface area contributed by atoms with Gasteiger partial charge in [0.1, 0.15) is 12.9 Å². The summed E-state index contributed by atoms with van der Waals surface area (Å²) in [5, 5.41) is 6.30. The molecule has 0 atom stereocenters. The Hall–Kier alpha value is -2.33. The summed E-state index contributed by atoms with van der Waals surface area (Å²) in [6.07, 6.45) is -1.45. The fourth-order valence-electron chi connectivity index (χ4n) is 1.36. The summed E-state index contributed by atoms with van der Waals surface area (Å²) in [7, 11) is 0. The maximum absolute atomic E-state index is 11.9. The summed E-state index contributed by atoms with van der Waals surface area (Å²) in [6, 6.07) is 0. The van der Waals surface area contributed by atoms with Crippen LogP contribution in [0.4, 0.5) is 19.1 Å². The molecule has 0 spiro atoms. The van der Waals surface area contributed by atoms with Gasteiger partial charge in [-0.15, -0.1) is 5.10 Å². The quantitative estimate of drug-likeness (QED) is 0.378. The van der Waals surface area contributed by atoms with Gasteiger partial charge < -0.3 is 11.5 Å². The molecule has 118 valence electrons. The Morgan fingerprint density at radius 2 is 2.10 bits per heavy atom. The number of hydrogen-bond acceptors (Lipinski definition) is 4. The van der Waals surface area contributed by atoms with E-state index in [1.54, 1.807) is 0 Å². The number of aromatic nitrogens is 3. The molecule has 0 aliphatic rings. The first-order valence-corrected chi connectivity index (χ1v) is 6.08. The van der Waals surface area contributed by atoms with Crippen LogP contribution in [0.15, 0.2) is 11.3 Å². The van der Waals surface area contributed by atoms with Gasteiger partial charge in [-0.2, -0.15) is 13.2 Å². The lowest BCUT2D eigenvalue weighted by atomic mass is 10.2. The molecule has 21 heavy (non-hydrogen) atoms. The van der Waals surface area contributed by atoms with Crippen molar-refractivity contribution >= 4 is 17.8 Å². The van der Waals surface area contributed by atoms with E-state index in [0.29, 0.717) is 19.4 Å². The van der Waals surface area contributed by atoms with Crippen LogP contribution in [0.5, 0.6) is 0 Å². The van der Waals surface area contributed by atoms with Gasteiger partial charge in [0.2, 0.25) is 11.9 Å². The van der Waals surface area contributed by atoms with Crippen molar-refractivity contribution in [2.24, 2.45) is 16.5 Å². The molecule has 0 fully saturated rings. The molecular formula is C10H16F3N7O. The van der Waals surface area contributed by atoms with Crippen LogP contribution in [-0.4, -0.2) is 39.4 Å². The normalized spacial score (nSPS) is 12.4. The van der Waals surface area contributed by atoms with Crippen LogP contribution in [0.2, 0.25) is 0 Å². The second-order valence-corrected chi connectivity index (χ2v) is 4.20. The topological polar surface area (TPSA) is 124 Å². The lowest BCUT2D eigenvalue weighted by molar-refractivity contribution is -0.119. The lowest BCUT2D eigenvalue weighted by Gasteiger charge is -2.04. The molecule has 8 nitrogen and oxygen atoms in total. The fourth-order valence-corrected chi connectivity index (χ4v) is 1.36. The Labute approximate surface area is 118 Å². The number of nitrogens with one attached hydrogen (secondary N) is 1. The molecule has 5 N–H and O–H groups in total. The smallest absolute Gasteiger partial charge is 0.370 e. The van der Waals surface area contributed by atoms with Gasteiger partial charge in [0, 0.05) is 13.0 Å². The first-order chi connectivity index (χ1) is 9.76. The zero-order chi connectivity index (χ0) is 15.9. The van der Waals surface area contributed by atoms with Gasteiger partial charge in [0.05, 0.1) is 0 Å². The average Bonchev–Trinajstić information content (AvgIpc) is 2.79. The SMILES string of the molecule is NC(=O)CCCCn1cnc(N/C(N)=N\CC(F)(F)F)n1. The van der Waals surface area contributed by atoms with Gasteiger partial charge in [0.25, 0.3) is 0 Å². The van der Waals surface area contributed by atoms with Crippen molar-refractivity contribution < 1.29 is 18.0 Å². The highest BCUT2D eigenvalue weighted by Gasteiger charge is 2.26. The Balaban J connectivity index is 2.39. The van der Waals surface area contributed by atoms with Crippen LogP contribution < -0.4 is 16.8 Å². The zero-order valence-electron chi connectivity index (χ0n) is 11.1. The molecule has 1 aromatic rings. The lowest BCUT2D eigenvalue weighted by Crippen LogP contribution is -2.26. The van der Waals surface area contributed by atoms with Gasteiger partial charge in [-0.1, -0.05) is 0 Å². The number of unbranched alkanes of at least 4 members (excludes halogenated alkanes) is 1. The number of nitrogens with zero attached hydrogens (tertiary/aromatic N) is 4. The molecule has 0 aromatic carbocycles. The molecule has 11 heteroatoms. The Kier molecular flexibility index (Phi) is 5.93. The van der Waals surface area contributed by atoms with E-state index in [1.165, 1.54) is 11.0 Å². The minimum atomic E-state index is -4.42. The zero-order valence-corrected chi connectivity index (χ0v) is 11.1. The Bertz CT molecular complexity index is 497. The third-order valence-electron chi connectivity index (χ3n) is 2.27. The Morgan fingerprint density at radius 3 is 2.71 bits per heavy atom. The number of carbonyl (C=O) groups is 1. The summed E-state index contributed by atoms with van der Waals surface area (Å²) in [5.74, 6) is -0.739. The molecule has 0 aliphatic heterocycles. The van der Waals surface area contributed by atoms with Gasteiger partial charge in [0.15, 0.2) is 5.96 Å². The van der Waals surface area contributed by atoms with Crippen LogP contribution >= 0.6 is 0 Å². The van der Waals surface area contributed by atoms with Crippen molar-refractivity contribution in [2.75, 3.05) is 11.9 Å². The first-order valence-electron chi connectivity index (χ1n) is 6.08. The third kappa shape index (κ3) is 7.74. The molecule has 0 radical (unpaired) electrons. The largest absolute Gasteiger partial charge is 0.408 e. The molecular weight excluding hydrogens is 291 g/mol. The van der Waals surface area contributed by atoms with Crippen LogP contribution in [-0.2, 0) is 11.3 Å². The van der Waals surface area contributed by atoms with Gasteiger partial charge >= 0.3 is 6.18 Å². The number of aryl methyl sites for hydroxylation is 1. The summed E-state index contributed by atoms with van der Waals surface area (Å²) in [4.78, 5) is 17.5. The molecule has 0 unspecified atom stereocenters. The predicted octanol–water partition coefficient (Wildman–Crippen LogP) is 0.223. The average molecular weight is 307 g/mol. The summed E-state index contributed by atoms with van der Waals surface area (Å²) < 4.78 is 37.3. The Morgan fingerprint density at radius 1 is 1.38 bits per heavy atom. The highest BCUT2D eigenvalue weighted by molar-refractivity contribution is 5.90. The number of primary amides is 1. The standard InChI is InChI=1S/C10H16F3N7O/c11-10(12,13)5-16-8(15)18-9-17-6-20(19-9)4-2-1-3-7(14)21/h6H,1-5H2,(H2,14,21)(H3,15,16,18,19). The van der Waals surface area contributed by atoms with Crippen molar-refractivity contribution in [1.82, 2.24) is 14.8 Å². The van der Waals surface area contributed by atoms with E-state index in [-0.39, 0.29) is 18.3 Å². The number of nitrogens with two attached hydrogens (primary N) is 2. The van der Waals surface area contributed by atoms with Crippen LogP contribution in [0.1, 0.15) is 19.3 Å². The number of guanidine groups is 1. The number of alkyl halides is 3. The highest BCUT2D eigenvalue weighted by Crippen LogP contribution is 2.14. The van der Waals surface area contributed by atoms with Gasteiger partial charge in [-0.3, -0.25) is 14.8 Å². The molecule has 0 saturated carbocycles. The molecule has 1 aromatic heterocycles. The van der Waals surface area contributed by atoms with Crippen molar-refractivity contribution in [3.63, 3.8) is 0 Å². The molecule has 0 bridgehead atoms. The predicted molar refractivity (Wildman–Crippen MR) is 69.2 cm³/mol. The first kappa shape index (κ1) is 16.7. The maximum Gasteiger partial charge on any atom is 0.408 e. The minimum absolute atomic E-state index is 0.0494. The second kappa shape index (κ2) is 7.45. The fraction of sp³-hybridized carbons (Fsp3) is 0.600. The van der Waals surface area contributed by atoms with Crippen molar-refractivity contribution in [1.29, 1.82) is 0 Å². The number of rotatable bonds is 7. The van der Waals surface area contributed by atoms with Crippen LogP contribution in [0.25, 0.3) is 0 Å². The summed E-state index contributed by atoms with van der Waals surface area (Å²) >= 11 is 0. The van der Waals surface area contributed by atoms with E-state index in [4.69, 9.17) is 11.5 Å². The monoisotopic (exact) mass is 307 g/mol. The number of anilines is 1. The van der Waals surface area contributed by atoms with Crippen LogP contribution in [0, 0.1) is 0 Å². The summed E-state index contributed by atoms with van der Waals surface area (Å²) in [5.41, 5.74) is 10.3. The minimum Gasteiger partial charge on any atom is -0.370 e. The van der Waals surface area contributed by atoms with Crippen molar-refractivity contribution in [3.05, 3.63) is 6.33 Å². The van der Waals surface area contributed by atoms with Gasteiger partial charge in [-0.25, -0.2) is 9.98 Å². The van der Waals surface area contributed by atoms with E-state index < -0.39 is 18.7 Å². The van der Waals surface area contributed by atoms with Crippen molar-refractivity contribution in [2.45, 2.75) is 32.0 Å². The van der Waals surface area contributed by atoms with E-state index in [0.717, 1.165) is 0 Å². The number of carbonyl (C=O) groups excluding carboxylic acids is 1. The maximum atomic E-state index is 11.9. The number of aliphatic imine (C=N–C) groups is 1. The number of amides is 1. The molecule has 1 amide bonds. The molecule has 0 saturated heterocycles.